The van der Waals surface area contributed by atoms with Crippen LogP contribution in [0.25, 0.3) is 0 Å². The van der Waals surface area contributed by atoms with Crippen LogP contribution in [0.15, 0.2) is 12.5 Å². The second-order valence-corrected chi connectivity index (χ2v) is 2.18. The number of nitrogens with one attached hydrogen (secondary N) is 1. The molecule has 1 heterocycles. The third-order valence-electron chi connectivity index (χ3n) is 1.27. The predicted molar refractivity (Wildman–Crippen MR) is 42.3 cm³/mol. The zero-order valence-corrected chi connectivity index (χ0v) is 6.37. The van der Waals surface area contributed by atoms with Gasteiger partial charge in [0.1, 0.15) is 0 Å². The summed E-state index contributed by atoms with van der Waals surface area (Å²) in [6, 6.07) is 0. The maximum Gasteiger partial charge on any atom is 0.381 e. The van der Waals surface area contributed by atoms with E-state index in [4.69, 9.17) is 5.11 Å². The maximum atomic E-state index is 9.97. The van der Waals surface area contributed by atoms with Crippen LogP contribution in [0.1, 0.15) is 12.1 Å². The number of rotatable bonds is 2. The first-order valence-electron chi connectivity index (χ1n) is 3.48. The Balaban J connectivity index is 2.29. The molecule has 62 valence electrons. The summed E-state index contributed by atoms with van der Waals surface area (Å²) in [6.07, 6.45) is 4.52. The van der Waals surface area contributed by atoms with Crippen molar-refractivity contribution in [3.05, 3.63) is 18.2 Å². The van der Waals surface area contributed by atoms with E-state index in [2.05, 4.69) is 15.9 Å². The Morgan fingerprint density at radius 3 is 3.17 bits per heavy atom. The first-order valence-corrected chi connectivity index (χ1v) is 3.48. The number of aromatic nitrogens is 2. The summed E-state index contributed by atoms with van der Waals surface area (Å²) >= 11 is 0. The monoisotopic (exact) mass is 164 g/mol. The molecule has 1 rings (SSSR count). The molecule has 0 amide bonds. The van der Waals surface area contributed by atoms with Crippen molar-refractivity contribution in [1.29, 1.82) is 0 Å². The minimum atomic E-state index is -1.08. The second kappa shape index (κ2) is 4.19. The van der Waals surface area contributed by atoms with Crippen LogP contribution in [0.4, 0.5) is 0 Å². The van der Waals surface area contributed by atoms with Crippen molar-refractivity contribution in [1.82, 2.24) is 9.97 Å². The molecule has 0 aliphatic heterocycles. The summed E-state index contributed by atoms with van der Waals surface area (Å²) in [7, 11) is 0. The van der Waals surface area contributed by atoms with Gasteiger partial charge < -0.3 is 10.1 Å². The highest BCUT2D eigenvalue weighted by Crippen LogP contribution is 1.94. The smallest absolute Gasteiger partial charge is 0.381 e. The number of carboxylic acid groups (broad SMARTS) is 1. The highest BCUT2D eigenvalue weighted by molar-refractivity contribution is 5.86. The lowest BCUT2D eigenvalue weighted by atomic mass is 10.2. The molecule has 0 fully saturated rings. The molecule has 0 saturated carbocycles. The lowest BCUT2D eigenvalue weighted by Gasteiger charge is -1.86. The number of aryl methyl sites for hydroxylation is 1. The number of imidazole rings is 1. The van der Waals surface area contributed by atoms with Gasteiger partial charge in [0.05, 0.1) is 6.33 Å². The first-order chi connectivity index (χ1) is 5.79. The van der Waals surface area contributed by atoms with Crippen LogP contribution in [0.2, 0.25) is 0 Å². The van der Waals surface area contributed by atoms with Crippen LogP contribution in [0, 0.1) is 11.8 Å². The number of carbonyl (C=O) groups is 1. The Morgan fingerprint density at radius 1 is 1.75 bits per heavy atom. The van der Waals surface area contributed by atoms with Crippen LogP contribution in [0.5, 0.6) is 0 Å². The van der Waals surface area contributed by atoms with E-state index < -0.39 is 5.97 Å². The number of aromatic amines is 1. The highest BCUT2D eigenvalue weighted by Gasteiger charge is 1.90. The number of nitrogens with zero attached hydrogens (tertiary/aromatic N) is 1. The van der Waals surface area contributed by atoms with Gasteiger partial charge in [0.25, 0.3) is 0 Å². The molecule has 0 aromatic carbocycles. The van der Waals surface area contributed by atoms with E-state index in [9.17, 15) is 4.79 Å². The van der Waals surface area contributed by atoms with E-state index in [1.807, 2.05) is 5.92 Å². The molecule has 2 N–H and O–H groups in total. The Morgan fingerprint density at radius 2 is 2.58 bits per heavy atom. The van der Waals surface area contributed by atoms with Crippen LogP contribution >= 0.6 is 0 Å². The Hall–Kier alpha value is -1.76. The summed E-state index contributed by atoms with van der Waals surface area (Å²) in [4.78, 5) is 16.7. The number of H-pyrrole nitrogens is 1. The summed E-state index contributed by atoms with van der Waals surface area (Å²) in [5.74, 6) is 3.48. The molecule has 0 aliphatic carbocycles. The van der Waals surface area contributed by atoms with Crippen molar-refractivity contribution in [3.8, 4) is 11.8 Å². The number of hydrogen-bond acceptors (Lipinski definition) is 2. The summed E-state index contributed by atoms with van der Waals surface area (Å²) in [6.45, 7) is 0. The highest BCUT2D eigenvalue weighted by atomic mass is 16.4. The molecule has 0 spiro atoms. The third kappa shape index (κ3) is 2.88. The largest absolute Gasteiger partial charge is 0.472 e. The summed E-state index contributed by atoms with van der Waals surface area (Å²) < 4.78 is 0. The van der Waals surface area contributed by atoms with Gasteiger partial charge in [-0.1, -0.05) is 5.92 Å². The fourth-order valence-corrected chi connectivity index (χ4v) is 0.757. The molecular weight excluding hydrogens is 156 g/mol. The topological polar surface area (TPSA) is 66.0 Å². The van der Waals surface area contributed by atoms with Crippen LogP contribution in [-0.2, 0) is 11.2 Å². The molecule has 0 aliphatic rings. The van der Waals surface area contributed by atoms with Crippen LogP contribution in [0.3, 0.4) is 0 Å². The fraction of sp³-hybridized carbons (Fsp3) is 0.250. The average molecular weight is 164 g/mol. The van der Waals surface area contributed by atoms with E-state index in [1.165, 1.54) is 0 Å². The zero-order valence-electron chi connectivity index (χ0n) is 6.37. The van der Waals surface area contributed by atoms with E-state index in [0.29, 0.717) is 12.8 Å². The van der Waals surface area contributed by atoms with Gasteiger partial charge in [0, 0.05) is 24.2 Å². The Kier molecular flexibility index (Phi) is 2.91. The minimum absolute atomic E-state index is 0.536. The lowest BCUT2D eigenvalue weighted by Crippen LogP contribution is -1.88. The molecule has 1 aromatic heterocycles. The van der Waals surface area contributed by atoms with Crippen molar-refractivity contribution in [2.24, 2.45) is 0 Å². The van der Waals surface area contributed by atoms with Gasteiger partial charge in [-0.2, -0.15) is 0 Å². The van der Waals surface area contributed by atoms with Crippen molar-refractivity contribution in [2.75, 3.05) is 0 Å². The van der Waals surface area contributed by atoms with Gasteiger partial charge in [0.2, 0.25) is 0 Å². The molecule has 4 nitrogen and oxygen atoms in total. The zero-order chi connectivity index (χ0) is 8.81. The number of carboxylic acids is 1. The quantitative estimate of drug-likeness (QED) is 0.623. The van der Waals surface area contributed by atoms with Crippen LogP contribution < -0.4 is 0 Å². The first kappa shape index (κ1) is 8.34. The molecule has 12 heavy (non-hydrogen) atoms. The summed E-state index contributed by atoms with van der Waals surface area (Å²) in [5, 5.41) is 8.18. The van der Waals surface area contributed by atoms with E-state index in [0.717, 1.165) is 5.69 Å². The van der Waals surface area contributed by atoms with Gasteiger partial charge in [-0.25, -0.2) is 9.78 Å². The maximum absolute atomic E-state index is 9.97. The van der Waals surface area contributed by atoms with E-state index >= 15 is 0 Å². The molecular formula is C8H8N2O2. The van der Waals surface area contributed by atoms with Gasteiger partial charge in [-0.3, -0.25) is 0 Å². The minimum Gasteiger partial charge on any atom is -0.472 e. The van der Waals surface area contributed by atoms with Gasteiger partial charge in [0.15, 0.2) is 0 Å². The second-order valence-electron chi connectivity index (χ2n) is 2.18. The van der Waals surface area contributed by atoms with Crippen molar-refractivity contribution in [3.63, 3.8) is 0 Å². The Labute approximate surface area is 69.6 Å². The number of hydrogen-bond donors (Lipinski definition) is 2. The SMILES string of the molecule is O=C(O)C#CCCc1cnc[nH]1. The standard InChI is InChI=1S/C8H8N2O2/c11-8(12)4-2-1-3-7-5-9-6-10-7/h5-6H,1,3H2,(H,9,10)(H,11,12). The summed E-state index contributed by atoms with van der Waals surface area (Å²) in [5.41, 5.74) is 0.967. The van der Waals surface area contributed by atoms with Crippen molar-refractivity contribution in [2.45, 2.75) is 12.8 Å². The molecule has 0 radical (unpaired) electrons. The molecule has 0 atom stereocenters. The molecule has 1 aromatic rings. The van der Waals surface area contributed by atoms with Crippen LogP contribution in [-0.4, -0.2) is 21.0 Å². The van der Waals surface area contributed by atoms with Gasteiger partial charge in [-0.15, -0.1) is 0 Å². The number of aliphatic carboxylic acids is 1. The predicted octanol–water partition coefficient (Wildman–Crippen LogP) is 0.430. The lowest BCUT2D eigenvalue weighted by molar-refractivity contribution is -0.130. The van der Waals surface area contributed by atoms with Crippen molar-refractivity contribution < 1.29 is 9.90 Å². The molecule has 4 heteroatoms. The average Bonchev–Trinajstić information content (AvgIpc) is 2.49. The molecule has 0 saturated heterocycles. The molecule has 0 bridgehead atoms. The molecule has 0 unspecified atom stereocenters. The van der Waals surface area contributed by atoms with Gasteiger partial charge in [-0.05, 0) is 6.42 Å². The Bertz CT molecular complexity index is 306. The van der Waals surface area contributed by atoms with Crippen molar-refractivity contribution >= 4 is 5.97 Å². The van der Waals surface area contributed by atoms with E-state index in [1.54, 1.807) is 12.5 Å². The van der Waals surface area contributed by atoms with Gasteiger partial charge >= 0.3 is 5.97 Å². The fourth-order valence-electron chi connectivity index (χ4n) is 0.757. The van der Waals surface area contributed by atoms with E-state index in [-0.39, 0.29) is 0 Å². The third-order valence-corrected chi connectivity index (χ3v) is 1.27. The normalized spacial score (nSPS) is 8.67.